The maximum absolute atomic E-state index is 12.4. The van der Waals surface area contributed by atoms with E-state index in [2.05, 4.69) is 19.8 Å². The van der Waals surface area contributed by atoms with Gasteiger partial charge in [-0.25, -0.2) is 23.1 Å². The van der Waals surface area contributed by atoms with Gasteiger partial charge in [-0.2, -0.15) is 0 Å². The minimum atomic E-state index is -3.75. The van der Waals surface area contributed by atoms with Gasteiger partial charge in [-0.05, 0) is 19.9 Å². The van der Waals surface area contributed by atoms with Crippen LogP contribution in [-0.2, 0) is 14.8 Å². The van der Waals surface area contributed by atoms with Crippen molar-refractivity contribution in [3.63, 3.8) is 0 Å². The fourth-order valence-electron chi connectivity index (χ4n) is 2.99. The quantitative estimate of drug-likeness (QED) is 0.732. The Hall–Kier alpha value is -2.53. The summed E-state index contributed by atoms with van der Waals surface area (Å²) >= 11 is 0. The molecule has 0 atom stereocenters. The Morgan fingerprint density at radius 2 is 1.85 bits per heavy atom. The lowest BCUT2D eigenvalue weighted by Gasteiger charge is -2.34. The molecular formula is C16H22N6O4S. The molecule has 11 heteroatoms. The molecule has 0 saturated carbocycles. The Morgan fingerprint density at radius 1 is 1.19 bits per heavy atom. The Kier molecular flexibility index (Phi) is 5.71. The van der Waals surface area contributed by atoms with Gasteiger partial charge < -0.3 is 14.3 Å². The number of rotatable bonds is 6. The molecule has 1 aliphatic heterocycles. The zero-order chi connectivity index (χ0) is 19.4. The highest BCUT2D eigenvalue weighted by Crippen LogP contribution is 2.18. The van der Waals surface area contributed by atoms with Crippen molar-refractivity contribution in [1.29, 1.82) is 0 Å². The first kappa shape index (κ1) is 19.2. The number of aryl methyl sites for hydroxylation is 2. The minimum absolute atomic E-state index is 0.0211. The Morgan fingerprint density at radius 3 is 2.44 bits per heavy atom. The van der Waals surface area contributed by atoms with E-state index in [1.54, 1.807) is 30.3 Å². The molecule has 0 aromatic carbocycles. The molecule has 1 N–H and O–H groups in total. The maximum Gasteiger partial charge on any atom is 0.245 e. The van der Waals surface area contributed by atoms with E-state index in [1.165, 1.54) is 6.92 Å². The van der Waals surface area contributed by atoms with E-state index >= 15 is 0 Å². The number of carbonyl (C=O) groups excluding carboxylic acids is 1. The number of hydrogen-bond donors (Lipinski definition) is 1. The number of hydrogen-bond acceptors (Lipinski definition) is 8. The molecule has 0 spiro atoms. The molecule has 3 heterocycles. The van der Waals surface area contributed by atoms with Crippen molar-refractivity contribution in [2.75, 3.05) is 37.6 Å². The number of sulfonamides is 1. The van der Waals surface area contributed by atoms with E-state index in [9.17, 15) is 13.2 Å². The first-order valence-electron chi connectivity index (χ1n) is 8.61. The second-order valence-electron chi connectivity index (χ2n) is 6.22. The van der Waals surface area contributed by atoms with Gasteiger partial charge in [0.2, 0.25) is 21.9 Å². The molecule has 1 saturated heterocycles. The van der Waals surface area contributed by atoms with Crippen LogP contribution in [0.3, 0.4) is 0 Å². The zero-order valence-corrected chi connectivity index (χ0v) is 16.1. The van der Waals surface area contributed by atoms with E-state index < -0.39 is 10.0 Å². The molecule has 1 aliphatic rings. The van der Waals surface area contributed by atoms with Gasteiger partial charge in [0.1, 0.15) is 10.6 Å². The van der Waals surface area contributed by atoms with Gasteiger partial charge >= 0.3 is 0 Å². The number of piperazine rings is 1. The molecule has 0 bridgehead atoms. The van der Waals surface area contributed by atoms with E-state index in [0.29, 0.717) is 37.8 Å². The van der Waals surface area contributed by atoms with Crippen LogP contribution in [0.15, 0.2) is 27.9 Å². The summed E-state index contributed by atoms with van der Waals surface area (Å²) in [6.07, 6.45) is 3.46. The Bertz CT molecular complexity index is 871. The number of carbonyl (C=O) groups is 1. The molecule has 2 aromatic rings. The van der Waals surface area contributed by atoms with Crippen LogP contribution < -0.4 is 9.62 Å². The number of amides is 1. The van der Waals surface area contributed by atoms with Gasteiger partial charge in [-0.3, -0.25) is 4.79 Å². The SMILES string of the molecule is Cc1noc(C)c1S(=O)(=O)NCCC(=O)N1CCN(c2ncccn2)CC1. The largest absolute Gasteiger partial charge is 0.360 e. The Labute approximate surface area is 157 Å². The topological polar surface area (TPSA) is 122 Å². The van der Waals surface area contributed by atoms with Crippen LogP contribution in [-0.4, -0.2) is 67.1 Å². The summed E-state index contributed by atoms with van der Waals surface area (Å²) < 4.78 is 32.0. The highest BCUT2D eigenvalue weighted by atomic mass is 32.2. The predicted octanol–water partition coefficient (Wildman–Crippen LogP) is 0.0986. The normalized spacial score (nSPS) is 15.2. The zero-order valence-electron chi connectivity index (χ0n) is 15.3. The third-order valence-electron chi connectivity index (χ3n) is 4.33. The fourth-order valence-corrected chi connectivity index (χ4v) is 4.35. The standard InChI is InChI=1S/C16H22N6O4S/c1-12-15(13(2)26-20-12)27(24,25)19-7-4-14(23)21-8-10-22(11-9-21)16-17-5-3-6-18-16/h3,5-6,19H,4,7-11H2,1-2H3. The first-order valence-corrected chi connectivity index (χ1v) is 10.1. The molecule has 0 radical (unpaired) electrons. The molecule has 146 valence electrons. The molecule has 27 heavy (non-hydrogen) atoms. The van der Waals surface area contributed by atoms with Gasteiger partial charge in [0.05, 0.1) is 0 Å². The van der Waals surface area contributed by atoms with Crippen LogP contribution in [0.1, 0.15) is 17.9 Å². The van der Waals surface area contributed by atoms with Crippen LogP contribution in [0, 0.1) is 13.8 Å². The third kappa shape index (κ3) is 4.42. The van der Waals surface area contributed by atoms with Gasteiger partial charge in [-0.15, -0.1) is 0 Å². The number of aromatic nitrogens is 3. The summed E-state index contributed by atoms with van der Waals surface area (Å²) in [5, 5.41) is 3.65. The lowest BCUT2D eigenvalue weighted by Crippen LogP contribution is -2.49. The monoisotopic (exact) mass is 394 g/mol. The molecule has 3 rings (SSSR count). The van der Waals surface area contributed by atoms with Crippen molar-refractivity contribution in [3.8, 4) is 0 Å². The van der Waals surface area contributed by atoms with Crippen LogP contribution in [0.2, 0.25) is 0 Å². The summed E-state index contributed by atoms with van der Waals surface area (Å²) in [7, 11) is -3.75. The summed E-state index contributed by atoms with van der Waals surface area (Å²) in [5.74, 6) is 0.785. The molecule has 2 aromatic heterocycles. The van der Waals surface area contributed by atoms with Crippen LogP contribution in [0.5, 0.6) is 0 Å². The van der Waals surface area contributed by atoms with Crippen molar-refractivity contribution in [2.45, 2.75) is 25.2 Å². The summed E-state index contributed by atoms with van der Waals surface area (Å²) in [6, 6.07) is 1.76. The lowest BCUT2D eigenvalue weighted by molar-refractivity contribution is -0.131. The van der Waals surface area contributed by atoms with Crippen LogP contribution >= 0.6 is 0 Å². The first-order chi connectivity index (χ1) is 12.9. The van der Waals surface area contributed by atoms with E-state index in [-0.39, 0.29) is 29.5 Å². The molecule has 1 amide bonds. The van der Waals surface area contributed by atoms with Crippen LogP contribution in [0.25, 0.3) is 0 Å². The van der Waals surface area contributed by atoms with Crippen LogP contribution in [0.4, 0.5) is 5.95 Å². The fraction of sp³-hybridized carbons (Fsp3) is 0.500. The smallest absolute Gasteiger partial charge is 0.245 e. The number of anilines is 1. The van der Waals surface area contributed by atoms with Gasteiger partial charge in [0.25, 0.3) is 0 Å². The second kappa shape index (κ2) is 8.01. The summed E-state index contributed by atoms with van der Waals surface area (Å²) in [5.41, 5.74) is 0.297. The van der Waals surface area contributed by atoms with Gasteiger partial charge in [0, 0.05) is 51.5 Å². The van der Waals surface area contributed by atoms with Crippen molar-refractivity contribution >= 4 is 21.9 Å². The highest BCUT2D eigenvalue weighted by molar-refractivity contribution is 7.89. The summed E-state index contributed by atoms with van der Waals surface area (Å²) in [6.45, 7) is 5.50. The molecule has 0 aliphatic carbocycles. The second-order valence-corrected chi connectivity index (χ2v) is 7.92. The van der Waals surface area contributed by atoms with E-state index in [4.69, 9.17) is 4.52 Å². The molecule has 0 unspecified atom stereocenters. The predicted molar refractivity (Wildman–Crippen MR) is 96.6 cm³/mol. The average Bonchev–Trinajstić information content (AvgIpc) is 3.01. The highest BCUT2D eigenvalue weighted by Gasteiger charge is 2.25. The third-order valence-corrected chi connectivity index (χ3v) is 6.04. The maximum atomic E-state index is 12.4. The summed E-state index contributed by atoms with van der Waals surface area (Å²) in [4.78, 5) is 24.6. The van der Waals surface area contributed by atoms with Crippen molar-refractivity contribution in [1.82, 2.24) is 24.7 Å². The van der Waals surface area contributed by atoms with Gasteiger partial charge in [-0.1, -0.05) is 5.16 Å². The van der Waals surface area contributed by atoms with Crippen molar-refractivity contribution < 1.29 is 17.7 Å². The Balaban J connectivity index is 1.48. The number of nitrogens with one attached hydrogen (secondary N) is 1. The van der Waals surface area contributed by atoms with E-state index in [1.807, 2.05) is 4.90 Å². The van der Waals surface area contributed by atoms with Crippen molar-refractivity contribution in [3.05, 3.63) is 29.9 Å². The molecular weight excluding hydrogens is 372 g/mol. The van der Waals surface area contributed by atoms with Crippen molar-refractivity contribution in [2.24, 2.45) is 0 Å². The minimum Gasteiger partial charge on any atom is -0.360 e. The van der Waals surface area contributed by atoms with Gasteiger partial charge in [0.15, 0.2) is 5.76 Å². The average molecular weight is 394 g/mol. The molecule has 10 nitrogen and oxygen atoms in total. The lowest BCUT2D eigenvalue weighted by atomic mass is 10.3. The van der Waals surface area contributed by atoms with E-state index in [0.717, 1.165) is 0 Å². The number of nitrogens with zero attached hydrogens (tertiary/aromatic N) is 5. The molecule has 1 fully saturated rings.